The van der Waals surface area contributed by atoms with Crippen LogP contribution in [0, 0.1) is 16.0 Å². The van der Waals surface area contributed by atoms with Crippen molar-refractivity contribution in [2.45, 2.75) is 38.6 Å². The molecule has 0 aromatic heterocycles. The molecule has 1 aliphatic heterocycles. The predicted molar refractivity (Wildman–Crippen MR) is 123 cm³/mol. The molecule has 11 nitrogen and oxygen atoms in total. The first-order valence-corrected chi connectivity index (χ1v) is 10.9. The highest BCUT2D eigenvalue weighted by Crippen LogP contribution is 2.50. The molecule has 33 heavy (non-hydrogen) atoms. The van der Waals surface area contributed by atoms with Crippen molar-refractivity contribution in [3.63, 3.8) is 0 Å². The van der Waals surface area contributed by atoms with Crippen molar-refractivity contribution in [3.05, 3.63) is 51.2 Å². The molecule has 0 aliphatic carbocycles. The van der Waals surface area contributed by atoms with E-state index in [1.165, 1.54) is 31.4 Å². The van der Waals surface area contributed by atoms with E-state index in [0.29, 0.717) is 5.70 Å². The van der Waals surface area contributed by atoms with Gasteiger partial charge in [0.15, 0.2) is 0 Å². The predicted octanol–water partition coefficient (Wildman–Crippen LogP) is 2.96. The van der Waals surface area contributed by atoms with Gasteiger partial charge in [-0.25, -0.2) is 4.79 Å². The first-order chi connectivity index (χ1) is 15.5. The summed E-state index contributed by atoms with van der Waals surface area (Å²) in [5.41, 5.74) is -1.31. The van der Waals surface area contributed by atoms with Crippen molar-refractivity contribution < 1.29 is 38.6 Å². The molecule has 1 aromatic carbocycles. The topological polar surface area (TPSA) is 146 Å². The van der Waals surface area contributed by atoms with Crippen LogP contribution in [0.25, 0.3) is 0 Å². The number of nitro benzene ring substituents is 1. The number of aliphatic carboxylic acids is 1. The minimum absolute atomic E-state index is 0.0442. The normalized spacial score (nSPS) is 22.6. The lowest BCUT2D eigenvalue weighted by Crippen LogP contribution is -2.58. The fourth-order valence-corrected chi connectivity index (χ4v) is 4.76. The van der Waals surface area contributed by atoms with Crippen LogP contribution in [-0.4, -0.2) is 57.6 Å². The fraction of sp³-hybridized carbons (Fsp3) is 0.476. The van der Waals surface area contributed by atoms with Crippen LogP contribution >= 0.6 is 22.9 Å². The van der Waals surface area contributed by atoms with Crippen molar-refractivity contribution >= 4 is 46.5 Å². The van der Waals surface area contributed by atoms with Gasteiger partial charge in [0.05, 0.1) is 57.3 Å². The number of carboxylic acid groups (broad SMARTS) is 1. The van der Waals surface area contributed by atoms with E-state index in [0.717, 1.165) is 0 Å². The summed E-state index contributed by atoms with van der Waals surface area (Å²) in [5, 5.41) is 21.7. The Bertz CT molecular complexity index is 980. The number of ether oxygens (including phenoxy) is 3. The third kappa shape index (κ3) is 5.11. The van der Waals surface area contributed by atoms with Gasteiger partial charge in [0.2, 0.25) is 6.79 Å². The van der Waals surface area contributed by atoms with Crippen molar-refractivity contribution in [3.8, 4) is 0 Å². The molecule has 180 valence electrons. The van der Waals surface area contributed by atoms with Crippen LogP contribution in [-0.2, 0) is 34.0 Å². The summed E-state index contributed by atoms with van der Waals surface area (Å²) in [6.07, 6.45) is 0.0840. The Balaban J connectivity index is 2.78. The molecular weight excluding hydrogens is 551 g/mol. The molecule has 3 unspecified atom stereocenters. The van der Waals surface area contributed by atoms with E-state index in [1.807, 2.05) is 22.9 Å². The number of rotatable bonds is 9. The maximum absolute atomic E-state index is 13.3. The van der Waals surface area contributed by atoms with E-state index in [2.05, 4.69) is 0 Å². The number of halogens is 1. The van der Waals surface area contributed by atoms with Crippen molar-refractivity contribution in [2.75, 3.05) is 20.5 Å². The number of nitrogens with zero attached hydrogens (tertiary/aromatic N) is 2. The molecule has 0 amide bonds. The van der Waals surface area contributed by atoms with E-state index < -0.39 is 47.0 Å². The molecule has 0 saturated carbocycles. The highest BCUT2D eigenvalue weighted by molar-refractivity contribution is 14.1. The van der Waals surface area contributed by atoms with Crippen LogP contribution in [0.15, 0.2) is 35.5 Å². The maximum Gasteiger partial charge on any atom is 0.339 e. The molecule has 1 aromatic rings. The SMILES string of the molecule is CCC(=O)OCOC(=O)C1=C(C)N(I)C(C)C(C(=O)O)C1(COC)c1cccc([N+](=O)[O-])c1. The number of carbonyl (C=O) groups is 3. The van der Waals surface area contributed by atoms with E-state index in [1.54, 1.807) is 23.9 Å². The minimum atomic E-state index is -1.62. The molecule has 2 rings (SSSR count). The summed E-state index contributed by atoms with van der Waals surface area (Å²) >= 11 is 1.91. The van der Waals surface area contributed by atoms with Gasteiger partial charge in [-0.1, -0.05) is 19.1 Å². The minimum Gasteiger partial charge on any atom is -0.481 e. The van der Waals surface area contributed by atoms with Gasteiger partial charge in [0, 0.05) is 31.4 Å². The maximum atomic E-state index is 13.3. The summed E-state index contributed by atoms with van der Waals surface area (Å²) in [6, 6.07) is 4.84. The number of hydrogen-bond acceptors (Lipinski definition) is 9. The van der Waals surface area contributed by atoms with Gasteiger partial charge in [-0.2, -0.15) is 0 Å². The first kappa shape index (κ1) is 26.5. The van der Waals surface area contributed by atoms with Crippen molar-refractivity contribution in [1.29, 1.82) is 0 Å². The van der Waals surface area contributed by atoms with Gasteiger partial charge in [0.1, 0.15) is 0 Å². The lowest BCUT2D eigenvalue weighted by Gasteiger charge is -2.49. The lowest BCUT2D eigenvalue weighted by molar-refractivity contribution is -0.385. The Labute approximate surface area is 204 Å². The summed E-state index contributed by atoms with van der Waals surface area (Å²) in [7, 11) is 1.35. The molecule has 0 spiro atoms. The van der Waals surface area contributed by atoms with E-state index in [-0.39, 0.29) is 29.9 Å². The molecule has 0 fully saturated rings. The Morgan fingerprint density at radius 2 is 1.97 bits per heavy atom. The van der Waals surface area contributed by atoms with E-state index >= 15 is 0 Å². The van der Waals surface area contributed by atoms with Crippen LogP contribution in [0.3, 0.4) is 0 Å². The number of non-ortho nitro benzene ring substituents is 1. The van der Waals surface area contributed by atoms with Crippen LogP contribution in [0.4, 0.5) is 5.69 Å². The van der Waals surface area contributed by atoms with Crippen molar-refractivity contribution in [2.24, 2.45) is 5.92 Å². The monoisotopic (exact) mass is 576 g/mol. The smallest absolute Gasteiger partial charge is 0.339 e. The number of carboxylic acids is 1. The largest absolute Gasteiger partial charge is 0.481 e. The number of carbonyl (C=O) groups excluding carboxylic acids is 2. The molecule has 0 radical (unpaired) electrons. The summed E-state index contributed by atoms with van der Waals surface area (Å²) in [5.74, 6) is -3.95. The molecule has 0 saturated heterocycles. The van der Waals surface area contributed by atoms with Gasteiger partial charge in [-0.3, -0.25) is 19.7 Å². The second kappa shape index (κ2) is 10.9. The van der Waals surface area contributed by atoms with Gasteiger partial charge >= 0.3 is 17.9 Å². The Hall–Kier alpha value is -2.74. The number of esters is 2. The van der Waals surface area contributed by atoms with Gasteiger partial charge in [-0.05, 0) is 19.4 Å². The Kier molecular flexibility index (Phi) is 8.77. The highest BCUT2D eigenvalue weighted by Gasteiger charge is 2.58. The third-order valence-corrected chi connectivity index (χ3v) is 7.21. The first-order valence-electron chi connectivity index (χ1n) is 9.98. The zero-order valence-electron chi connectivity index (χ0n) is 18.6. The zero-order valence-corrected chi connectivity index (χ0v) is 20.7. The third-order valence-electron chi connectivity index (χ3n) is 5.61. The molecule has 1 aliphatic rings. The van der Waals surface area contributed by atoms with E-state index in [4.69, 9.17) is 14.2 Å². The zero-order chi connectivity index (χ0) is 24.9. The summed E-state index contributed by atoms with van der Waals surface area (Å²) in [4.78, 5) is 48.1. The van der Waals surface area contributed by atoms with Crippen LogP contribution in [0.2, 0.25) is 0 Å². The summed E-state index contributed by atoms with van der Waals surface area (Å²) in [6.45, 7) is 3.96. The Morgan fingerprint density at radius 1 is 1.30 bits per heavy atom. The molecule has 3 atom stereocenters. The van der Waals surface area contributed by atoms with Gasteiger partial charge in [0.25, 0.3) is 5.69 Å². The number of methoxy groups -OCH3 is 1. The second-order valence-electron chi connectivity index (χ2n) is 7.46. The molecule has 1 heterocycles. The lowest BCUT2D eigenvalue weighted by atomic mass is 9.61. The summed E-state index contributed by atoms with van der Waals surface area (Å²) < 4.78 is 17.0. The molecular formula is C21H25IN2O9. The quantitative estimate of drug-likeness (QED) is 0.116. The number of allylic oxidation sites excluding steroid dienone is 1. The standard InChI is InChI=1S/C21H25IN2O9/c1-5-16(25)32-11-33-20(28)18-13(3)23(22)12(2)17(19(26)27)21(18,10-31-4)14-7-6-8-15(9-14)24(29)30/h6-9,12,17H,5,10-11H2,1-4H3,(H,26,27). The van der Waals surface area contributed by atoms with Crippen LogP contribution < -0.4 is 0 Å². The Morgan fingerprint density at radius 3 is 2.52 bits per heavy atom. The number of hydrogen-bond donors (Lipinski definition) is 1. The fourth-order valence-electron chi connectivity index (χ4n) is 4.20. The molecule has 0 bridgehead atoms. The van der Waals surface area contributed by atoms with Gasteiger partial charge in [-0.15, -0.1) is 0 Å². The average Bonchev–Trinajstić information content (AvgIpc) is 2.77. The van der Waals surface area contributed by atoms with Crippen LogP contribution in [0.5, 0.6) is 0 Å². The molecule has 12 heteroatoms. The second-order valence-corrected chi connectivity index (χ2v) is 8.50. The molecule has 1 N–H and O–H groups in total. The van der Waals surface area contributed by atoms with Crippen molar-refractivity contribution in [1.82, 2.24) is 3.11 Å². The number of benzene rings is 1. The van der Waals surface area contributed by atoms with Gasteiger partial charge < -0.3 is 22.4 Å². The average molecular weight is 576 g/mol. The van der Waals surface area contributed by atoms with Crippen LogP contribution in [0.1, 0.15) is 32.8 Å². The number of nitro groups is 1. The van der Waals surface area contributed by atoms with E-state index in [9.17, 15) is 29.6 Å². The highest BCUT2D eigenvalue weighted by atomic mass is 127.